The summed E-state index contributed by atoms with van der Waals surface area (Å²) in [6.45, 7) is 2.76. The second-order valence-electron chi connectivity index (χ2n) is 6.43. The molecule has 5 heteroatoms. The van der Waals surface area contributed by atoms with E-state index >= 15 is 0 Å². The first-order chi connectivity index (χ1) is 12.2. The van der Waals surface area contributed by atoms with Gasteiger partial charge in [-0.2, -0.15) is 0 Å². The number of rotatable bonds is 4. The molecule has 0 amide bonds. The molecule has 0 unspecified atom stereocenters. The highest BCUT2D eigenvalue weighted by molar-refractivity contribution is 6.31. The molecule has 25 heavy (non-hydrogen) atoms. The Morgan fingerprint density at radius 3 is 2.76 bits per heavy atom. The van der Waals surface area contributed by atoms with Crippen LogP contribution >= 0.6 is 11.6 Å². The van der Waals surface area contributed by atoms with Crippen molar-refractivity contribution in [1.82, 2.24) is 9.88 Å². The number of benzene rings is 2. The van der Waals surface area contributed by atoms with Crippen LogP contribution in [0.3, 0.4) is 0 Å². The van der Waals surface area contributed by atoms with Crippen molar-refractivity contribution < 1.29 is 4.39 Å². The Balaban J connectivity index is 1.62. The van der Waals surface area contributed by atoms with E-state index in [1.807, 2.05) is 30.3 Å². The van der Waals surface area contributed by atoms with Gasteiger partial charge in [0, 0.05) is 40.1 Å². The lowest BCUT2D eigenvalue weighted by Gasteiger charge is -2.16. The number of fused-ring (bicyclic) bond motifs is 1. The van der Waals surface area contributed by atoms with Gasteiger partial charge >= 0.3 is 0 Å². The van der Waals surface area contributed by atoms with Crippen molar-refractivity contribution in [3.8, 4) is 0 Å². The Hall–Kier alpha value is -2.17. The molecule has 4 rings (SSSR count). The molecule has 0 spiro atoms. The number of aromatic nitrogens is 1. The van der Waals surface area contributed by atoms with E-state index in [0.29, 0.717) is 11.6 Å². The highest BCUT2D eigenvalue weighted by Crippen LogP contribution is 2.28. The van der Waals surface area contributed by atoms with Crippen molar-refractivity contribution in [3.63, 3.8) is 0 Å². The Morgan fingerprint density at radius 2 is 1.92 bits per heavy atom. The lowest BCUT2D eigenvalue weighted by Crippen LogP contribution is -2.19. The number of halogens is 2. The summed E-state index contributed by atoms with van der Waals surface area (Å²) in [7, 11) is 0. The van der Waals surface area contributed by atoms with Gasteiger partial charge in [0.2, 0.25) is 0 Å². The van der Waals surface area contributed by atoms with Gasteiger partial charge in [0.25, 0.3) is 0 Å². The molecule has 3 aromatic rings. The summed E-state index contributed by atoms with van der Waals surface area (Å²) in [6.07, 6.45) is 4.14. The van der Waals surface area contributed by atoms with Crippen LogP contribution in [-0.4, -0.2) is 23.0 Å². The number of likely N-dealkylation sites (tertiary alicyclic amines) is 1. The number of nitrogens with one attached hydrogen (secondary N) is 1. The molecule has 0 aliphatic carbocycles. The maximum absolute atomic E-state index is 14.2. The molecule has 128 valence electrons. The first-order valence-corrected chi connectivity index (χ1v) is 8.89. The Morgan fingerprint density at radius 1 is 1.08 bits per heavy atom. The van der Waals surface area contributed by atoms with Crippen LogP contribution in [0.5, 0.6) is 0 Å². The predicted molar refractivity (Wildman–Crippen MR) is 101 cm³/mol. The smallest absolute Gasteiger partial charge is 0.127 e. The van der Waals surface area contributed by atoms with Crippen molar-refractivity contribution in [3.05, 3.63) is 65.1 Å². The zero-order valence-electron chi connectivity index (χ0n) is 13.8. The van der Waals surface area contributed by atoms with Crippen LogP contribution in [0.4, 0.5) is 15.8 Å². The van der Waals surface area contributed by atoms with E-state index in [1.54, 1.807) is 12.3 Å². The van der Waals surface area contributed by atoms with Crippen LogP contribution < -0.4 is 5.32 Å². The minimum absolute atomic E-state index is 0.149. The molecule has 1 aromatic heterocycles. The zero-order chi connectivity index (χ0) is 17.2. The average molecular weight is 356 g/mol. The second kappa shape index (κ2) is 6.98. The van der Waals surface area contributed by atoms with Gasteiger partial charge in [-0.25, -0.2) is 4.39 Å². The number of hydrogen-bond donors (Lipinski definition) is 1. The topological polar surface area (TPSA) is 28.2 Å². The molecule has 1 aliphatic heterocycles. The number of nitrogens with zero attached hydrogens (tertiary/aromatic N) is 2. The van der Waals surface area contributed by atoms with Crippen LogP contribution in [-0.2, 0) is 6.54 Å². The monoisotopic (exact) mass is 355 g/mol. The van der Waals surface area contributed by atoms with E-state index in [0.717, 1.165) is 40.9 Å². The highest BCUT2D eigenvalue weighted by atomic mass is 35.5. The molecule has 1 saturated heterocycles. The van der Waals surface area contributed by atoms with Crippen LogP contribution in [0.1, 0.15) is 18.4 Å². The van der Waals surface area contributed by atoms with Crippen molar-refractivity contribution in [1.29, 1.82) is 0 Å². The molecule has 0 bridgehead atoms. The predicted octanol–water partition coefficient (Wildman–Crippen LogP) is 5.37. The van der Waals surface area contributed by atoms with Gasteiger partial charge in [-0.3, -0.25) is 9.88 Å². The van der Waals surface area contributed by atoms with E-state index in [-0.39, 0.29) is 5.82 Å². The molecule has 1 aliphatic rings. The molecule has 1 N–H and O–H groups in total. The third-order valence-electron chi connectivity index (χ3n) is 4.62. The number of anilines is 2. The summed E-state index contributed by atoms with van der Waals surface area (Å²) in [5.41, 5.74) is 3.36. The summed E-state index contributed by atoms with van der Waals surface area (Å²) < 4.78 is 14.2. The SMILES string of the molecule is Fc1ccc(Nc2ccnc3cc(Cl)ccc23)cc1CN1CCCC1. The maximum Gasteiger partial charge on any atom is 0.127 e. The van der Waals surface area contributed by atoms with E-state index in [9.17, 15) is 4.39 Å². The van der Waals surface area contributed by atoms with Crippen LogP contribution in [0.25, 0.3) is 10.9 Å². The van der Waals surface area contributed by atoms with E-state index in [1.165, 1.54) is 18.9 Å². The zero-order valence-corrected chi connectivity index (χ0v) is 14.6. The summed E-state index contributed by atoms with van der Waals surface area (Å²) >= 11 is 6.04. The van der Waals surface area contributed by atoms with Crippen molar-refractivity contribution in [2.45, 2.75) is 19.4 Å². The van der Waals surface area contributed by atoms with Crippen LogP contribution in [0.2, 0.25) is 5.02 Å². The average Bonchev–Trinajstić information content (AvgIpc) is 3.11. The summed E-state index contributed by atoms with van der Waals surface area (Å²) in [5.74, 6) is -0.149. The number of hydrogen-bond acceptors (Lipinski definition) is 3. The molecule has 0 radical (unpaired) electrons. The Labute approximate surface area is 151 Å². The molecule has 2 heterocycles. The Bertz CT molecular complexity index is 907. The van der Waals surface area contributed by atoms with E-state index < -0.39 is 0 Å². The molecule has 3 nitrogen and oxygen atoms in total. The molecule has 0 saturated carbocycles. The van der Waals surface area contributed by atoms with Crippen molar-refractivity contribution in [2.75, 3.05) is 18.4 Å². The molecule has 1 fully saturated rings. The molecule has 2 aromatic carbocycles. The molecular weight excluding hydrogens is 337 g/mol. The molecule has 0 atom stereocenters. The fraction of sp³-hybridized carbons (Fsp3) is 0.250. The van der Waals surface area contributed by atoms with Crippen molar-refractivity contribution >= 4 is 33.9 Å². The highest BCUT2D eigenvalue weighted by Gasteiger charge is 2.14. The molecular formula is C20H19ClFN3. The summed E-state index contributed by atoms with van der Waals surface area (Å²) in [4.78, 5) is 6.65. The van der Waals surface area contributed by atoms with Crippen LogP contribution in [0.15, 0.2) is 48.7 Å². The van der Waals surface area contributed by atoms with E-state index in [4.69, 9.17) is 11.6 Å². The lowest BCUT2D eigenvalue weighted by molar-refractivity contribution is 0.325. The quantitative estimate of drug-likeness (QED) is 0.682. The normalized spacial score (nSPS) is 15.0. The second-order valence-corrected chi connectivity index (χ2v) is 6.87. The van der Waals surface area contributed by atoms with Crippen molar-refractivity contribution in [2.24, 2.45) is 0 Å². The van der Waals surface area contributed by atoms with Gasteiger partial charge in [0.15, 0.2) is 0 Å². The summed E-state index contributed by atoms with van der Waals surface area (Å²) in [5, 5.41) is 5.03. The van der Waals surface area contributed by atoms with Gasteiger partial charge in [0.1, 0.15) is 5.82 Å². The summed E-state index contributed by atoms with van der Waals surface area (Å²) in [6, 6.07) is 12.8. The fourth-order valence-corrected chi connectivity index (χ4v) is 3.51. The van der Waals surface area contributed by atoms with Gasteiger partial charge in [-0.15, -0.1) is 0 Å². The Kier molecular flexibility index (Phi) is 4.55. The number of pyridine rings is 1. The van der Waals surface area contributed by atoms with Gasteiger partial charge in [-0.05, 0) is 68.4 Å². The minimum Gasteiger partial charge on any atom is -0.355 e. The van der Waals surface area contributed by atoms with Gasteiger partial charge in [0.05, 0.1) is 5.52 Å². The van der Waals surface area contributed by atoms with Gasteiger partial charge < -0.3 is 5.32 Å². The fourth-order valence-electron chi connectivity index (χ4n) is 3.34. The van der Waals surface area contributed by atoms with E-state index in [2.05, 4.69) is 15.2 Å². The first-order valence-electron chi connectivity index (χ1n) is 8.51. The third kappa shape index (κ3) is 3.60. The standard InChI is InChI=1S/C20H19ClFN3/c21-15-3-5-17-19(7-8-23-20(17)12-15)24-16-4-6-18(22)14(11-16)13-25-9-1-2-10-25/h3-8,11-12H,1-2,9-10,13H2,(H,23,24). The minimum atomic E-state index is -0.149. The van der Waals surface area contributed by atoms with Crippen LogP contribution in [0, 0.1) is 5.82 Å². The maximum atomic E-state index is 14.2. The lowest BCUT2D eigenvalue weighted by atomic mass is 10.1. The largest absolute Gasteiger partial charge is 0.355 e. The first kappa shape index (κ1) is 16.3. The third-order valence-corrected chi connectivity index (χ3v) is 4.86. The van der Waals surface area contributed by atoms with Gasteiger partial charge in [-0.1, -0.05) is 11.6 Å².